The Morgan fingerprint density at radius 3 is 2.44 bits per heavy atom. The van der Waals surface area contributed by atoms with Crippen LogP contribution in [-0.2, 0) is 6.54 Å². The van der Waals surface area contributed by atoms with Crippen LogP contribution in [0.15, 0.2) is 57.7 Å². The highest BCUT2D eigenvalue weighted by Crippen LogP contribution is 2.24. The van der Waals surface area contributed by atoms with Gasteiger partial charge in [-0.05, 0) is 42.3 Å². The molecule has 0 fully saturated rings. The van der Waals surface area contributed by atoms with Crippen molar-refractivity contribution in [3.63, 3.8) is 0 Å². The van der Waals surface area contributed by atoms with Crippen molar-refractivity contribution < 1.29 is 22.7 Å². The molecule has 5 nitrogen and oxygen atoms in total. The third kappa shape index (κ3) is 4.62. The number of methoxy groups -OCH3 is 1. The number of hydrogen-bond donors (Lipinski definition) is 1. The van der Waals surface area contributed by atoms with Crippen LogP contribution in [0.4, 0.5) is 8.78 Å². The van der Waals surface area contributed by atoms with E-state index in [0.29, 0.717) is 17.9 Å². The van der Waals surface area contributed by atoms with Gasteiger partial charge < -0.3 is 19.2 Å². The highest BCUT2D eigenvalue weighted by Gasteiger charge is 2.11. The molecule has 3 rings (SSSR count). The first kappa shape index (κ1) is 18.8. The van der Waals surface area contributed by atoms with Crippen LogP contribution in [0.2, 0.25) is 0 Å². The minimum absolute atomic E-state index is 0.0638. The number of hydrogen-bond acceptors (Lipinski definition) is 5. The van der Waals surface area contributed by atoms with Gasteiger partial charge in [0.2, 0.25) is 0 Å². The number of ether oxygens (including phenoxy) is 2. The summed E-state index contributed by atoms with van der Waals surface area (Å²) in [6.07, 6.45) is 0. The largest absolute Gasteiger partial charge is 0.497 e. The van der Waals surface area contributed by atoms with Crippen molar-refractivity contribution in [2.75, 3.05) is 7.11 Å². The summed E-state index contributed by atoms with van der Waals surface area (Å²) in [4.78, 5) is 11.8. The van der Waals surface area contributed by atoms with Crippen LogP contribution in [0.3, 0.4) is 0 Å². The molecule has 0 amide bonds. The third-order valence-electron chi connectivity index (χ3n) is 4.24. The third-order valence-corrected chi connectivity index (χ3v) is 4.24. The van der Waals surface area contributed by atoms with Gasteiger partial charge in [-0.3, -0.25) is 0 Å². The molecule has 0 saturated carbocycles. The molecule has 1 heterocycles. The van der Waals surface area contributed by atoms with E-state index < -0.39 is 12.2 Å². The number of fused-ring (bicyclic) bond motifs is 1. The Morgan fingerprint density at radius 2 is 1.78 bits per heavy atom. The first-order valence-corrected chi connectivity index (χ1v) is 8.35. The van der Waals surface area contributed by atoms with Gasteiger partial charge in [0, 0.05) is 30.1 Å². The van der Waals surface area contributed by atoms with Crippen molar-refractivity contribution in [1.29, 1.82) is 0 Å². The van der Waals surface area contributed by atoms with Crippen molar-refractivity contribution in [3.8, 4) is 11.5 Å². The molecule has 0 aliphatic carbocycles. The van der Waals surface area contributed by atoms with Crippen molar-refractivity contribution in [3.05, 3.63) is 70.1 Å². The van der Waals surface area contributed by atoms with E-state index >= 15 is 0 Å². The fourth-order valence-corrected chi connectivity index (χ4v) is 2.80. The maximum Gasteiger partial charge on any atom is 0.387 e. The van der Waals surface area contributed by atoms with Gasteiger partial charge in [0.05, 0.1) is 7.11 Å². The lowest BCUT2D eigenvalue weighted by Crippen LogP contribution is -2.19. The minimum atomic E-state index is -2.84. The number of benzene rings is 2. The van der Waals surface area contributed by atoms with Crippen molar-refractivity contribution in [1.82, 2.24) is 5.32 Å². The standard InChI is InChI=1S/C20H19F2NO4/c1-12(13-3-5-15(6-4-13)26-20(21)22)23-11-14-9-19(24)27-18-10-16(25-2)7-8-17(14)18/h3-10,12,20,23H,11H2,1-2H3. The Morgan fingerprint density at radius 1 is 1.07 bits per heavy atom. The first-order valence-electron chi connectivity index (χ1n) is 8.35. The van der Waals surface area contributed by atoms with E-state index in [1.54, 1.807) is 31.4 Å². The van der Waals surface area contributed by atoms with Crippen LogP contribution in [0, 0.1) is 0 Å². The second kappa shape index (κ2) is 8.18. The molecule has 7 heteroatoms. The fourth-order valence-electron chi connectivity index (χ4n) is 2.80. The second-order valence-electron chi connectivity index (χ2n) is 6.00. The molecule has 0 radical (unpaired) electrons. The van der Waals surface area contributed by atoms with Gasteiger partial charge in [0.1, 0.15) is 17.1 Å². The van der Waals surface area contributed by atoms with Gasteiger partial charge >= 0.3 is 12.2 Å². The van der Waals surface area contributed by atoms with Gasteiger partial charge in [0.15, 0.2) is 0 Å². The van der Waals surface area contributed by atoms with E-state index in [9.17, 15) is 13.6 Å². The molecular weight excluding hydrogens is 356 g/mol. The molecule has 1 aromatic heterocycles. The maximum atomic E-state index is 12.2. The number of rotatable bonds is 7. The summed E-state index contributed by atoms with van der Waals surface area (Å²) in [7, 11) is 1.55. The minimum Gasteiger partial charge on any atom is -0.497 e. The Labute approximate surface area is 154 Å². The Hall–Kier alpha value is -2.93. The highest BCUT2D eigenvalue weighted by atomic mass is 19.3. The summed E-state index contributed by atoms with van der Waals surface area (Å²) in [6, 6.07) is 13.1. The lowest BCUT2D eigenvalue weighted by molar-refractivity contribution is -0.0498. The molecular formula is C20H19F2NO4. The summed E-state index contributed by atoms with van der Waals surface area (Å²) < 4.78 is 39.2. The first-order chi connectivity index (χ1) is 13.0. The summed E-state index contributed by atoms with van der Waals surface area (Å²) in [5.74, 6) is 0.719. The normalized spacial score (nSPS) is 12.3. The van der Waals surface area contributed by atoms with Crippen molar-refractivity contribution in [2.24, 2.45) is 0 Å². The number of nitrogens with one attached hydrogen (secondary N) is 1. The fraction of sp³-hybridized carbons (Fsp3) is 0.250. The number of alkyl halides is 2. The smallest absolute Gasteiger partial charge is 0.387 e. The molecule has 0 saturated heterocycles. The molecule has 1 unspecified atom stereocenters. The SMILES string of the molecule is COc1ccc2c(CNC(C)c3ccc(OC(F)F)cc3)cc(=O)oc2c1. The van der Waals surface area contributed by atoms with E-state index in [1.807, 2.05) is 13.0 Å². The zero-order valence-electron chi connectivity index (χ0n) is 14.9. The van der Waals surface area contributed by atoms with E-state index in [4.69, 9.17) is 9.15 Å². The van der Waals surface area contributed by atoms with Crippen molar-refractivity contribution >= 4 is 11.0 Å². The van der Waals surface area contributed by atoms with Crippen LogP contribution in [-0.4, -0.2) is 13.7 Å². The highest BCUT2D eigenvalue weighted by molar-refractivity contribution is 5.81. The van der Waals surface area contributed by atoms with Crippen LogP contribution in [0.25, 0.3) is 11.0 Å². The lowest BCUT2D eigenvalue weighted by Gasteiger charge is -2.16. The van der Waals surface area contributed by atoms with Crippen LogP contribution in [0.5, 0.6) is 11.5 Å². The predicted molar refractivity (Wildman–Crippen MR) is 97.4 cm³/mol. The zero-order chi connectivity index (χ0) is 19.4. The van der Waals surface area contributed by atoms with Crippen LogP contribution in [0.1, 0.15) is 24.1 Å². The van der Waals surface area contributed by atoms with Gasteiger partial charge in [-0.2, -0.15) is 8.78 Å². The molecule has 0 spiro atoms. The quantitative estimate of drug-likeness (QED) is 0.626. The maximum absolute atomic E-state index is 12.2. The molecule has 3 aromatic rings. The summed E-state index contributed by atoms with van der Waals surface area (Å²) in [6.45, 7) is -0.465. The molecule has 0 aliphatic heterocycles. The average Bonchev–Trinajstić information content (AvgIpc) is 2.65. The van der Waals surface area contributed by atoms with Gasteiger partial charge in [-0.1, -0.05) is 12.1 Å². The topological polar surface area (TPSA) is 60.7 Å². The van der Waals surface area contributed by atoms with Gasteiger partial charge in [0.25, 0.3) is 0 Å². The van der Waals surface area contributed by atoms with Gasteiger partial charge in [-0.15, -0.1) is 0 Å². The predicted octanol–water partition coefficient (Wildman–Crippen LogP) is 4.25. The average molecular weight is 375 g/mol. The zero-order valence-corrected chi connectivity index (χ0v) is 14.9. The molecule has 0 bridgehead atoms. The summed E-state index contributed by atoms with van der Waals surface area (Å²) in [5, 5.41) is 4.14. The second-order valence-corrected chi connectivity index (χ2v) is 6.00. The van der Waals surface area contributed by atoms with Crippen LogP contribution >= 0.6 is 0 Å². The van der Waals surface area contributed by atoms with Gasteiger partial charge in [-0.25, -0.2) is 4.79 Å². The Bertz CT molecular complexity index is 970. The van der Waals surface area contributed by atoms with E-state index in [1.165, 1.54) is 18.2 Å². The molecule has 1 atom stereocenters. The Balaban J connectivity index is 1.75. The molecule has 0 aliphatic rings. The Kier molecular flexibility index (Phi) is 5.71. The number of halogens is 2. The van der Waals surface area contributed by atoms with E-state index in [2.05, 4.69) is 10.1 Å². The van der Waals surface area contributed by atoms with E-state index in [0.717, 1.165) is 16.5 Å². The van der Waals surface area contributed by atoms with E-state index in [-0.39, 0.29) is 11.8 Å². The molecule has 142 valence electrons. The molecule has 2 aromatic carbocycles. The monoisotopic (exact) mass is 375 g/mol. The summed E-state index contributed by atoms with van der Waals surface area (Å²) >= 11 is 0. The van der Waals surface area contributed by atoms with Crippen LogP contribution < -0.4 is 20.4 Å². The summed E-state index contributed by atoms with van der Waals surface area (Å²) in [5.41, 5.74) is 1.73. The molecule has 1 N–H and O–H groups in total. The molecule has 27 heavy (non-hydrogen) atoms. The lowest BCUT2D eigenvalue weighted by atomic mass is 10.1. The van der Waals surface area contributed by atoms with Crippen molar-refractivity contribution in [2.45, 2.75) is 26.1 Å².